The van der Waals surface area contributed by atoms with Crippen LogP contribution in [-0.2, 0) is 37.5 Å². The van der Waals surface area contributed by atoms with Crippen molar-refractivity contribution in [2.75, 3.05) is 34.5 Å². The average Bonchev–Trinajstić information content (AvgIpc) is 3.24. The summed E-state index contributed by atoms with van der Waals surface area (Å²) in [4.78, 5) is 60.6. The lowest BCUT2D eigenvalue weighted by atomic mass is 9.93. The number of hydrogen-bond donors (Lipinski definition) is 1. The zero-order valence-electron chi connectivity index (χ0n) is 35.6. The van der Waals surface area contributed by atoms with E-state index in [0.717, 1.165) is 0 Å². The van der Waals surface area contributed by atoms with Gasteiger partial charge in [0.25, 0.3) is 5.91 Å². The van der Waals surface area contributed by atoms with E-state index in [1.807, 2.05) is 41.5 Å². The first-order chi connectivity index (χ1) is 22.8. The number of rotatable bonds is 16. The Hall–Kier alpha value is -1.85. The molecule has 0 aromatic rings. The van der Waals surface area contributed by atoms with Gasteiger partial charge in [-0.05, 0) is 60.9 Å². The Morgan fingerprint density at radius 1 is 0.804 bits per heavy atom. The second-order valence-electron chi connectivity index (χ2n) is 18.7. The van der Waals surface area contributed by atoms with Crippen LogP contribution in [0.4, 0.5) is 0 Å². The molecule has 0 aliphatic carbocycles. The molecular formula is C37H73N3O9Si2. The molecule has 1 aliphatic rings. The smallest absolute Gasteiger partial charge is 0.329 e. The summed E-state index contributed by atoms with van der Waals surface area (Å²) < 4.78 is 24.7. The number of carbonyl (C=O) groups is 4. The summed E-state index contributed by atoms with van der Waals surface area (Å²) in [6.45, 7) is 33.6. The van der Waals surface area contributed by atoms with Gasteiger partial charge in [0.15, 0.2) is 22.7 Å². The molecule has 51 heavy (non-hydrogen) atoms. The van der Waals surface area contributed by atoms with Crippen LogP contribution < -0.4 is 0 Å². The quantitative estimate of drug-likeness (QED) is 0.147. The number of amides is 3. The van der Waals surface area contributed by atoms with Crippen LogP contribution in [0.1, 0.15) is 90.0 Å². The van der Waals surface area contributed by atoms with E-state index in [4.69, 9.17) is 18.3 Å². The summed E-state index contributed by atoms with van der Waals surface area (Å²) in [6.07, 6.45) is -1.52. The number of likely N-dealkylation sites (N-methyl/N-ethyl adjacent to an activating group) is 2. The van der Waals surface area contributed by atoms with Crippen LogP contribution in [0.5, 0.6) is 0 Å². The van der Waals surface area contributed by atoms with Crippen LogP contribution in [0.3, 0.4) is 0 Å². The van der Waals surface area contributed by atoms with Crippen molar-refractivity contribution in [1.82, 2.24) is 14.7 Å². The topological polar surface area (TPSA) is 135 Å². The molecule has 6 atom stereocenters. The third-order valence-electron chi connectivity index (χ3n) is 11.5. The van der Waals surface area contributed by atoms with E-state index in [1.165, 1.54) is 21.8 Å². The molecule has 1 heterocycles. The van der Waals surface area contributed by atoms with Gasteiger partial charge in [0.2, 0.25) is 11.8 Å². The molecule has 0 aromatic heterocycles. The SMILES string of the molecule is COCO[C@]1(C)[C@H](O[Si](C)(C)C(C)(C)C)CN(C(=O)[C@H](C(C)C)N(C)C(=O)[C@H](C(C)C)N(C)C(=O)[C@H](O[Si](C)(C)C(C)(C)C)C(C)C)[C@@H]1C(=O)O. The van der Waals surface area contributed by atoms with Gasteiger partial charge >= 0.3 is 5.97 Å². The predicted octanol–water partition coefficient (Wildman–Crippen LogP) is 6.06. The summed E-state index contributed by atoms with van der Waals surface area (Å²) in [7, 11) is -0.190. The highest BCUT2D eigenvalue weighted by Crippen LogP contribution is 2.43. The maximum absolute atomic E-state index is 14.7. The molecule has 12 nitrogen and oxygen atoms in total. The molecule has 1 saturated heterocycles. The number of aliphatic carboxylic acids is 1. The maximum atomic E-state index is 14.7. The third kappa shape index (κ3) is 10.4. The van der Waals surface area contributed by atoms with Crippen LogP contribution >= 0.6 is 0 Å². The monoisotopic (exact) mass is 759 g/mol. The number of nitrogens with zero attached hydrogens (tertiary/aromatic N) is 3. The highest BCUT2D eigenvalue weighted by atomic mass is 28.4. The molecule has 1 aliphatic heterocycles. The van der Waals surface area contributed by atoms with E-state index in [9.17, 15) is 24.3 Å². The highest BCUT2D eigenvalue weighted by molar-refractivity contribution is 6.74. The van der Waals surface area contributed by atoms with Gasteiger partial charge in [-0.15, -0.1) is 0 Å². The zero-order chi connectivity index (χ0) is 40.4. The first kappa shape index (κ1) is 47.2. The summed E-state index contributed by atoms with van der Waals surface area (Å²) in [5.74, 6) is -3.31. The van der Waals surface area contributed by atoms with Crippen molar-refractivity contribution in [3.8, 4) is 0 Å². The predicted molar refractivity (Wildman–Crippen MR) is 206 cm³/mol. The Bertz CT molecular complexity index is 1230. The van der Waals surface area contributed by atoms with Crippen molar-refractivity contribution in [3.05, 3.63) is 0 Å². The average molecular weight is 760 g/mol. The molecule has 0 spiro atoms. The van der Waals surface area contributed by atoms with Crippen molar-refractivity contribution in [2.24, 2.45) is 17.8 Å². The molecule has 1 N–H and O–H groups in total. The molecule has 1 fully saturated rings. The number of carbonyl (C=O) groups excluding carboxylic acids is 3. The summed E-state index contributed by atoms with van der Waals surface area (Å²) in [6, 6.07) is -3.35. The fourth-order valence-corrected chi connectivity index (χ4v) is 8.94. The first-order valence-corrected chi connectivity index (χ1v) is 24.2. The number of ether oxygens (including phenoxy) is 2. The van der Waals surface area contributed by atoms with Crippen LogP contribution in [-0.4, -0.2) is 131 Å². The van der Waals surface area contributed by atoms with Gasteiger partial charge in [0, 0.05) is 27.7 Å². The Morgan fingerprint density at radius 3 is 1.63 bits per heavy atom. The van der Waals surface area contributed by atoms with E-state index in [-0.39, 0.29) is 41.2 Å². The van der Waals surface area contributed by atoms with E-state index in [0.29, 0.717) is 0 Å². The van der Waals surface area contributed by atoms with Crippen LogP contribution in [0.15, 0.2) is 0 Å². The number of methoxy groups -OCH3 is 1. The Labute approximate surface area is 311 Å². The van der Waals surface area contributed by atoms with E-state index < -0.39 is 76.3 Å². The number of carboxylic acid groups (broad SMARTS) is 1. The van der Waals surface area contributed by atoms with Gasteiger partial charge in [-0.25, -0.2) is 4.79 Å². The zero-order valence-corrected chi connectivity index (χ0v) is 37.6. The molecule has 0 saturated carbocycles. The normalized spacial score (nSPS) is 22.4. The summed E-state index contributed by atoms with van der Waals surface area (Å²) in [5, 5.41) is 10.3. The Balaban J connectivity index is 3.66. The minimum Gasteiger partial charge on any atom is -0.480 e. The number of hydrogen-bond acceptors (Lipinski definition) is 8. The lowest BCUT2D eigenvalue weighted by Gasteiger charge is -2.43. The van der Waals surface area contributed by atoms with Crippen molar-refractivity contribution < 1.29 is 42.6 Å². The molecule has 298 valence electrons. The molecule has 3 amide bonds. The first-order valence-electron chi connectivity index (χ1n) is 18.4. The highest BCUT2D eigenvalue weighted by Gasteiger charge is 2.61. The van der Waals surface area contributed by atoms with Crippen molar-refractivity contribution in [3.63, 3.8) is 0 Å². The fraction of sp³-hybridized carbons (Fsp3) is 0.892. The van der Waals surface area contributed by atoms with Gasteiger partial charge in [-0.3, -0.25) is 14.4 Å². The lowest BCUT2D eigenvalue weighted by molar-refractivity contribution is -0.181. The van der Waals surface area contributed by atoms with Crippen molar-refractivity contribution in [2.45, 2.75) is 162 Å². The van der Waals surface area contributed by atoms with Crippen LogP contribution in [0, 0.1) is 17.8 Å². The Kier molecular flexibility index (Phi) is 15.8. The Morgan fingerprint density at radius 2 is 1.25 bits per heavy atom. The fourth-order valence-electron chi connectivity index (χ4n) is 6.21. The van der Waals surface area contributed by atoms with Crippen molar-refractivity contribution >= 4 is 40.3 Å². The second-order valence-corrected chi connectivity index (χ2v) is 28.2. The van der Waals surface area contributed by atoms with E-state index in [1.54, 1.807) is 21.0 Å². The van der Waals surface area contributed by atoms with Gasteiger partial charge in [0.05, 0.1) is 6.10 Å². The molecule has 0 aromatic carbocycles. The second kappa shape index (κ2) is 17.1. The van der Waals surface area contributed by atoms with Gasteiger partial charge in [0.1, 0.15) is 30.6 Å². The minimum atomic E-state index is -2.47. The summed E-state index contributed by atoms with van der Waals surface area (Å²) in [5.41, 5.74) is -1.44. The van der Waals surface area contributed by atoms with Gasteiger partial charge < -0.3 is 38.1 Å². The summed E-state index contributed by atoms with van der Waals surface area (Å²) >= 11 is 0. The maximum Gasteiger partial charge on any atom is 0.329 e. The van der Waals surface area contributed by atoms with E-state index >= 15 is 0 Å². The van der Waals surface area contributed by atoms with E-state index in [2.05, 4.69) is 67.7 Å². The largest absolute Gasteiger partial charge is 0.480 e. The van der Waals surface area contributed by atoms with Gasteiger partial charge in [-0.1, -0.05) is 83.1 Å². The van der Waals surface area contributed by atoms with Crippen LogP contribution in [0.25, 0.3) is 0 Å². The molecule has 0 unspecified atom stereocenters. The molecule has 1 rings (SSSR count). The number of likely N-dealkylation sites (tertiary alicyclic amines) is 1. The van der Waals surface area contributed by atoms with Crippen molar-refractivity contribution in [1.29, 1.82) is 0 Å². The lowest BCUT2D eigenvalue weighted by Crippen LogP contribution is -2.62. The standard InChI is InChI=1S/C37H73N3O9Si2/c1-23(2)27(39(15)33(43)29(25(5)6)49-51(19,20)36(10,11)12)31(41)38(14)28(24(3)4)32(42)40-21-26(48-50(17,18)35(7,8)9)37(13,47-22-46-16)30(40)34(44)45/h23-30H,21-22H2,1-20H3,(H,44,45)/t26-,27+,28+,29-,30-,37-/m1/s1. The molecule has 0 radical (unpaired) electrons. The number of carboxylic acids is 1. The molecule has 0 bridgehead atoms. The third-order valence-corrected chi connectivity index (χ3v) is 20.4. The van der Waals surface area contributed by atoms with Gasteiger partial charge in [-0.2, -0.15) is 0 Å². The molecular weight excluding hydrogens is 687 g/mol. The minimum absolute atomic E-state index is 0.0410. The van der Waals surface area contributed by atoms with Crippen LogP contribution in [0.2, 0.25) is 36.3 Å². The molecule has 14 heteroatoms.